The first-order valence-corrected chi connectivity index (χ1v) is 17.2. The molecule has 0 saturated carbocycles. The van der Waals surface area contributed by atoms with Crippen LogP contribution in [0.5, 0.6) is 0 Å². The van der Waals surface area contributed by atoms with E-state index in [1.54, 1.807) is 22.5 Å². The van der Waals surface area contributed by atoms with Crippen LogP contribution >= 0.6 is 11.8 Å². The second-order valence-electron chi connectivity index (χ2n) is 14.3. The number of piperidine rings is 1. The number of H-pyrrole nitrogens is 1. The maximum Gasteiger partial charge on any atom is 0.327 e. The van der Waals surface area contributed by atoms with Crippen molar-refractivity contribution < 1.29 is 11.0 Å². The van der Waals surface area contributed by atoms with E-state index in [2.05, 4.69) is 71.9 Å². The molecule has 2 aromatic heterocycles. The smallest absolute Gasteiger partial charge is 0.327 e. The first-order chi connectivity index (χ1) is 21.4. The summed E-state index contributed by atoms with van der Waals surface area (Å²) in [5, 5.41) is -0.151. The lowest BCUT2D eigenvalue weighted by Gasteiger charge is -2.37. The SMILES string of the molecule is CN1CCN(c2ccccc2[C@H]2S[C@](C)(CC(=O)N3CCC(n4c(=O)[nH]c5ncccc54)CC3)C(=O)N2CCC(C)(C)C)CC1.[HH]. The number of aromatic amines is 1. The first-order valence-electron chi connectivity index (χ1n) is 16.3. The summed E-state index contributed by atoms with van der Waals surface area (Å²) in [5.41, 5.74) is 3.65. The Labute approximate surface area is 271 Å². The number of fused-ring (bicyclic) bond motifs is 1. The van der Waals surface area contributed by atoms with E-state index in [1.165, 1.54) is 5.69 Å². The summed E-state index contributed by atoms with van der Waals surface area (Å²) in [6.07, 6.45) is 4.09. The van der Waals surface area contributed by atoms with Crippen LogP contribution in [0.2, 0.25) is 0 Å². The Hall–Kier alpha value is -3.31. The van der Waals surface area contributed by atoms with Crippen molar-refractivity contribution >= 4 is 40.4 Å². The Kier molecular flexibility index (Phi) is 8.78. The van der Waals surface area contributed by atoms with Crippen LogP contribution in [0.15, 0.2) is 47.4 Å². The first kappa shape index (κ1) is 31.7. The molecule has 3 fully saturated rings. The largest absolute Gasteiger partial charge is 0.369 e. The number of nitrogens with zero attached hydrogens (tertiary/aromatic N) is 6. The Bertz CT molecular complexity index is 1600. The lowest BCUT2D eigenvalue weighted by Crippen LogP contribution is -2.46. The fourth-order valence-electron chi connectivity index (χ4n) is 6.92. The maximum atomic E-state index is 14.3. The third-order valence-electron chi connectivity index (χ3n) is 9.68. The normalized spacial score (nSPS) is 23.8. The standard InChI is InChI=1S/C34H47N7O3S.H2/c1-33(2,3)14-18-40-30(25-9-6-7-10-26(25)38-21-19-37(5)20-22-38)45-34(4,31(40)43)23-28(42)39-16-12-24(13-17-39)41-27-11-8-15-35-29(27)36-32(41)44;/h6-11,15,24,30H,12-14,16-23H2,1-5H3,(H,35,36,44);1H/t30-,34-;/m1./s1. The molecule has 3 aromatic rings. The molecule has 5 heterocycles. The fourth-order valence-corrected chi connectivity index (χ4v) is 8.49. The van der Waals surface area contributed by atoms with Crippen molar-refractivity contribution in [2.75, 3.05) is 57.8 Å². The van der Waals surface area contributed by atoms with E-state index in [0.717, 1.165) is 43.7 Å². The quantitative estimate of drug-likeness (QED) is 0.401. The van der Waals surface area contributed by atoms with E-state index in [-0.39, 0.29) is 42.2 Å². The van der Waals surface area contributed by atoms with Gasteiger partial charge in [-0.05, 0) is 56.8 Å². The second kappa shape index (κ2) is 12.5. The summed E-state index contributed by atoms with van der Waals surface area (Å²) in [5.74, 6) is 0.0597. The molecule has 0 radical (unpaired) electrons. The zero-order chi connectivity index (χ0) is 31.9. The number of aromatic nitrogens is 3. The van der Waals surface area contributed by atoms with Gasteiger partial charge >= 0.3 is 5.69 Å². The highest BCUT2D eigenvalue weighted by molar-refractivity contribution is 8.02. The van der Waals surface area contributed by atoms with Crippen molar-refractivity contribution in [3.63, 3.8) is 0 Å². The number of para-hydroxylation sites is 1. The Balaban J connectivity index is 0.00000417. The number of carbonyl (C=O) groups excluding carboxylic acids is 2. The zero-order valence-corrected chi connectivity index (χ0v) is 28.1. The minimum atomic E-state index is -0.856. The molecule has 6 rings (SSSR count). The summed E-state index contributed by atoms with van der Waals surface area (Å²) >= 11 is 1.64. The van der Waals surface area contributed by atoms with Crippen LogP contribution < -0.4 is 10.6 Å². The van der Waals surface area contributed by atoms with Crippen molar-refractivity contribution in [2.24, 2.45) is 5.41 Å². The topological polar surface area (TPSA) is 97.8 Å². The van der Waals surface area contributed by atoms with Crippen molar-refractivity contribution in [3.8, 4) is 0 Å². The highest BCUT2D eigenvalue weighted by Crippen LogP contribution is 2.53. The van der Waals surface area contributed by atoms with E-state index in [1.807, 2.05) is 28.9 Å². The van der Waals surface area contributed by atoms with Crippen LogP contribution in [-0.2, 0) is 9.59 Å². The number of thioether (sulfide) groups is 1. The van der Waals surface area contributed by atoms with Gasteiger partial charge in [-0.2, -0.15) is 0 Å². The van der Waals surface area contributed by atoms with Gasteiger partial charge in [0.2, 0.25) is 11.8 Å². The van der Waals surface area contributed by atoms with Gasteiger partial charge in [-0.25, -0.2) is 9.78 Å². The molecule has 0 spiro atoms. The fraction of sp³-hybridized carbons (Fsp3) is 0.588. The van der Waals surface area contributed by atoms with E-state index >= 15 is 0 Å². The number of likely N-dealkylation sites (N-methyl/N-ethyl adjacent to an activating group) is 1. The molecule has 0 unspecified atom stereocenters. The minimum Gasteiger partial charge on any atom is -0.369 e. The number of piperazine rings is 1. The molecule has 45 heavy (non-hydrogen) atoms. The maximum absolute atomic E-state index is 14.3. The number of nitrogens with one attached hydrogen (secondary N) is 1. The molecule has 1 N–H and O–H groups in total. The number of amides is 2. The predicted octanol–water partition coefficient (Wildman–Crippen LogP) is 4.75. The van der Waals surface area contributed by atoms with Gasteiger partial charge in [-0.3, -0.25) is 19.1 Å². The summed E-state index contributed by atoms with van der Waals surface area (Å²) in [7, 11) is 2.16. The molecule has 1 aromatic carbocycles. The number of rotatable bonds is 7. The van der Waals surface area contributed by atoms with E-state index in [9.17, 15) is 14.4 Å². The molecule has 3 saturated heterocycles. The number of anilines is 1. The number of pyridine rings is 1. The summed E-state index contributed by atoms with van der Waals surface area (Å²) in [4.78, 5) is 56.7. The number of imidazole rings is 1. The molecule has 11 heteroatoms. The molecule has 10 nitrogen and oxygen atoms in total. The highest BCUT2D eigenvalue weighted by atomic mass is 32.2. The average molecular weight is 636 g/mol. The summed E-state index contributed by atoms with van der Waals surface area (Å²) in [6, 6.07) is 12.3. The number of likely N-dealkylation sites (tertiary alicyclic amines) is 1. The van der Waals surface area contributed by atoms with Crippen molar-refractivity contribution in [2.45, 2.75) is 69.5 Å². The Morgan fingerprint density at radius 2 is 1.76 bits per heavy atom. The van der Waals surface area contributed by atoms with Gasteiger partial charge in [-0.1, -0.05) is 39.0 Å². The molecule has 0 bridgehead atoms. The number of benzene rings is 1. The molecular weight excluding hydrogens is 586 g/mol. The van der Waals surface area contributed by atoms with Gasteiger partial charge in [0, 0.05) is 70.7 Å². The van der Waals surface area contributed by atoms with Crippen LogP contribution in [0.4, 0.5) is 5.69 Å². The number of hydrogen-bond donors (Lipinski definition) is 1. The van der Waals surface area contributed by atoms with Gasteiger partial charge in [0.25, 0.3) is 0 Å². The van der Waals surface area contributed by atoms with E-state index in [4.69, 9.17) is 0 Å². The van der Waals surface area contributed by atoms with Crippen LogP contribution in [0.1, 0.15) is 71.8 Å². The molecule has 3 aliphatic rings. The lowest BCUT2D eigenvalue weighted by atomic mass is 9.91. The van der Waals surface area contributed by atoms with Crippen molar-refractivity contribution in [1.82, 2.24) is 29.2 Å². The van der Waals surface area contributed by atoms with Crippen LogP contribution in [0, 0.1) is 5.41 Å². The third kappa shape index (κ3) is 6.52. The van der Waals surface area contributed by atoms with Gasteiger partial charge in [-0.15, -0.1) is 11.8 Å². The van der Waals surface area contributed by atoms with Crippen LogP contribution in [-0.4, -0.2) is 98.7 Å². The second-order valence-corrected chi connectivity index (χ2v) is 15.9. The Morgan fingerprint density at radius 3 is 2.47 bits per heavy atom. The van der Waals surface area contributed by atoms with Gasteiger partial charge in [0.15, 0.2) is 5.65 Å². The van der Waals surface area contributed by atoms with Gasteiger partial charge in [0.1, 0.15) is 10.1 Å². The number of hydrogen-bond acceptors (Lipinski definition) is 7. The summed E-state index contributed by atoms with van der Waals surface area (Å²) < 4.78 is 0.933. The van der Waals surface area contributed by atoms with Crippen molar-refractivity contribution in [1.29, 1.82) is 0 Å². The van der Waals surface area contributed by atoms with Gasteiger partial charge in [0.05, 0.1) is 11.9 Å². The summed E-state index contributed by atoms with van der Waals surface area (Å²) in [6.45, 7) is 14.3. The molecule has 244 valence electrons. The molecular formula is C34H49N7O3S. The van der Waals surface area contributed by atoms with Gasteiger partial charge < -0.3 is 19.6 Å². The minimum absolute atomic E-state index is 0. The van der Waals surface area contributed by atoms with E-state index in [0.29, 0.717) is 38.1 Å². The van der Waals surface area contributed by atoms with Crippen molar-refractivity contribution in [3.05, 3.63) is 58.6 Å². The highest BCUT2D eigenvalue weighted by Gasteiger charge is 2.52. The van der Waals surface area contributed by atoms with Crippen LogP contribution in [0.25, 0.3) is 11.2 Å². The lowest BCUT2D eigenvalue weighted by molar-refractivity contribution is -0.139. The monoisotopic (exact) mass is 635 g/mol. The third-order valence-corrected chi connectivity index (χ3v) is 11.2. The van der Waals surface area contributed by atoms with Crippen LogP contribution in [0.3, 0.4) is 0 Å². The van der Waals surface area contributed by atoms with E-state index < -0.39 is 4.75 Å². The number of carbonyl (C=O) groups is 2. The molecule has 2 atom stereocenters. The molecule has 3 aliphatic heterocycles. The zero-order valence-electron chi connectivity index (χ0n) is 27.3. The Morgan fingerprint density at radius 1 is 1.04 bits per heavy atom. The average Bonchev–Trinajstić information content (AvgIpc) is 3.48. The predicted molar refractivity (Wildman–Crippen MR) is 183 cm³/mol. The molecule has 0 aliphatic carbocycles. The molecule has 2 amide bonds.